The van der Waals surface area contributed by atoms with E-state index in [1.165, 1.54) is 23.6 Å². The second-order valence-corrected chi connectivity index (χ2v) is 9.53. The van der Waals surface area contributed by atoms with Crippen LogP contribution in [0.5, 0.6) is 5.75 Å². The number of hydrogen-bond acceptors (Lipinski definition) is 5. The van der Waals surface area contributed by atoms with Crippen LogP contribution in [-0.4, -0.2) is 15.7 Å². The topological polar surface area (TPSA) is 85.0 Å². The highest BCUT2D eigenvalue weighted by Gasteiger charge is 2.53. The molecule has 0 saturated heterocycles. The zero-order valence-corrected chi connectivity index (χ0v) is 17.8. The van der Waals surface area contributed by atoms with E-state index >= 15 is 0 Å². The molecule has 0 amide bonds. The van der Waals surface area contributed by atoms with Gasteiger partial charge in [-0.15, -0.1) is 0 Å². The third-order valence-corrected chi connectivity index (χ3v) is 7.98. The molecule has 2 aromatic carbocycles. The molecule has 2 saturated carbocycles. The minimum atomic E-state index is -0.389. The van der Waals surface area contributed by atoms with Gasteiger partial charge in [-0.2, -0.15) is 0 Å². The maximum atomic E-state index is 11.0. The number of aryl methyl sites for hydroxylation is 1. The third-order valence-electron chi connectivity index (χ3n) is 7.98. The lowest BCUT2D eigenvalue weighted by atomic mass is 9.55. The molecule has 2 aromatic rings. The summed E-state index contributed by atoms with van der Waals surface area (Å²) in [7, 11) is 0. The molecule has 2 fully saturated rings. The number of non-ortho nitro benzene ring substituents is 1. The van der Waals surface area contributed by atoms with Gasteiger partial charge in [0.25, 0.3) is 5.69 Å². The van der Waals surface area contributed by atoms with Gasteiger partial charge in [0.1, 0.15) is 12.4 Å². The fourth-order valence-corrected chi connectivity index (χ4v) is 6.45. The van der Waals surface area contributed by atoms with Crippen LogP contribution in [0.15, 0.2) is 47.6 Å². The van der Waals surface area contributed by atoms with E-state index in [1.54, 1.807) is 12.1 Å². The van der Waals surface area contributed by atoms with Gasteiger partial charge in [0, 0.05) is 17.5 Å². The molecule has 6 nitrogen and oxygen atoms in total. The van der Waals surface area contributed by atoms with E-state index < -0.39 is 0 Å². The molecular formula is C25H28N2O4. The molecule has 0 radical (unpaired) electrons. The molecule has 0 spiro atoms. The standard InChI is InChI=1S/C25H28N2O4/c1-25-12-11-21-20-8-6-19(28)14-17(20)5-7-22(21)23(25)9-10-24(25)26-31-15-16-3-2-4-18(13-16)27(29)30/h2-4,6,8,13-14,21-23,28H,5,7,9-12,15H2,1H3/b26-24+/t21-,22-,23+,25+/m1/s1. The van der Waals surface area contributed by atoms with Crippen molar-refractivity contribution in [3.05, 3.63) is 69.3 Å². The Morgan fingerprint density at radius 1 is 1.19 bits per heavy atom. The number of nitro benzene ring substituents is 1. The molecule has 31 heavy (non-hydrogen) atoms. The molecule has 0 aromatic heterocycles. The van der Waals surface area contributed by atoms with Crippen LogP contribution >= 0.6 is 0 Å². The van der Waals surface area contributed by atoms with Crippen LogP contribution in [0, 0.1) is 27.4 Å². The first-order valence-electron chi connectivity index (χ1n) is 11.2. The van der Waals surface area contributed by atoms with Gasteiger partial charge in [-0.05, 0) is 85.1 Å². The molecule has 0 bridgehead atoms. The number of nitro groups is 1. The number of oxime groups is 1. The summed E-state index contributed by atoms with van der Waals surface area (Å²) in [5.74, 6) is 2.20. The average Bonchev–Trinajstić information content (AvgIpc) is 3.10. The fraction of sp³-hybridized carbons (Fsp3) is 0.480. The summed E-state index contributed by atoms with van der Waals surface area (Å²) < 4.78 is 0. The molecule has 0 heterocycles. The van der Waals surface area contributed by atoms with Crippen molar-refractivity contribution in [1.29, 1.82) is 0 Å². The van der Waals surface area contributed by atoms with Gasteiger partial charge in [-0.1, -0.05) is 30.3 Å². The van der Waals surface area contributed by atoms with Crippen LogP contribution in [0.3, 0.4) is 0 Å². The monoisotopic (exact) mass is 420 g/mol. The minimum absolute atomic E-state index is 0.0677. The van der Waals surface area contributed by atoms with Crippen LogP contribution in [0.4, 0.5) is 5.69 Å². The van der Waals surface area contributed by atoms with Gasteiger partial charge < -0.3 is 9.94 Å². The van der Waals surface area contributed by atoms with Gasteiger partial charge in [-0.25, -0.2) is 0 Å². The average molecular weight is 421 g/mol. The molecule has 1 N–H and O–H groups in total. The fourth-order valence-electron chi connectivity index (χ4n) is 6.45. The molecule has 3 aliphatic carbocycles. The number of phenolic OH excluding ortho intramolecular Hbond substituents is 1. The largest absolute Gasteiger partial charge is 0.508 e. The van der Waals surface area contributed by atoms with Crippen molar-refractivity contribution in [1.82, 2.24) is 0 Å². The van der Waals surface area contributed by atoms with Gasteiger partial charge in [0.05, 0.1) is 10.6 Å². The molecule has 0 unspecified atom stereocenters. The van der Waals surface area contributed by atoms with Crippen molar-refractivity contribution in [2.24, 2.45) is 22.4 Å². The van der Waals surface area contributed by atoms with Crippen LogP contribution in [0.25, 0.3) is 0 Å². The summed E-state index contributed by atoms with van der Waals surface area (Å²) in [6.07, 6.45) is 6.54. The maximum Gasteiger partial charge on any atom is 0.269 e. The van der Waals surface area contributed by atoms with Gasteiger partial charge in [-0.3, -0.25) is 10.1 Å². The second-order valence-electron chi connectivity index (χ2n) is 9.53. The SMILES string of the molecule is C[C@]12CC[C@@H]3c4ccc(O)cc4CC[C@H]3[C@@H]1CC/C2=N\OCc1cccc([N+](=O)[O-])c1. The number of benzene rings is 2. The molecule has 6 heteroatoms. The quantitative estimate of drug-likeness (QED) is 0.506. The van der Waals surface area contributed by atoms with E-state index in [0.29, 0.717) is 23.5 Å². The first-order valence-corrected chi connectivity index (χ1v) is 11.2. The van der Waals surface area contributed by atoms with Crippen molar-refractivity contribution in [3.8, 4) is 5.75 Å². The lowest BCUT2D eigenvalue weighted by molar-refractivity contribution is -0.384. The summed E-state index contributed by atoms with van der Waals surface area (Å²) in [6, 6.07) is 12.5. The Morgan fingerprint density at radius 3 is 2.90 bits per heavy atom. The summed E-state index contributed by atoms with van der Waals surface area (Å²) in [5.41, 5.74) is 4.80. The Morgan fingerprint density at radius 2 is 2.06 bits per heavy atom. The number of nitrogens with zero attached hydrogens (tertiary/aromatic N) is 2. The smallest absolute Gasteiger partial charge is 0.269 e. The van der Waals surface area contributed by atoms with Gasteiger partial charge >= 0.3 is 0 Å². The highest BCUT2D eigenvalue weighted by atomic mass is 16.6. The number of phenols is 1. The summed E-state index contributed by atoms with van der Waals surface area (Å²) >= 11 is 0. The lowest BCUT2D eigenvalue weighted by Crippen LogP contribution is -2.42. The van der Waals surface area contributed by atoms with E-state index in [4.69, 9.17) is 4.84 Å². The number of fused-ring (bicyclic) bond motifs is 5. The van der Waals surface area contributed by atoms with E-state index in [9.17, 15) is 15.2 Å². The van der Waals surface area contributed by atoms with Crippen LogP contribution in [0.1, 0.15) is 61.6 Å². The normalized spacial score (nSPS) is 30.4. The van der Waals surface area contributed by atoms with Crippen molar-refractivity contribution >= 4 is 11.4 Å². The Labute approximate surface area is 182 Å². The number of hydrogen-bond donors (Lipinski definition) is 1. The second kappa shape index (κ2) is 7.66. The minimum Gasteiger partial charge on any atom is -0.508 e. The first kappa shape index (κ1) is 20.0. The first-order chi connectivity index (χ1) is 15.0. The lowest BCUT2D eigenvalue weighted by Gasteiger charge is -2.49. The van der Waals surface area contributed by atoms with Gasteiger partial charge in [0.2, 0.25) is 0 Å². The van der Waals surface area contributed by atoms with Crippen LogP contribution in [0.2, 0.25) is 0 Å². The van der Waals surface area contributed by atoms with E-state index in [-0.39, 0.29) is 22.6 Å². The summed E-state index contributed by atoms with van der Waals surface area (Å²) in [5, 5.41) is 25.4. The van der Waals surface area contributed by atoms with Gasteiger partial charge in [0.15, 0.2) is 0 Å². The van der Waals surface area contributed by atoms with Crippen LogP contribution < -0.4 is 0 Å². The number of aromatic hydroxyl groups is 1. The predicted octanol–water partition coefficient (Wildman–Crippen LogP) is 5.73. The van der Waals surface area contributed by atoms with Crippen molar-refractivity contribution in [3.63, 3.8) is 0 Å². The van der Waals surface area contributed by atoms with E-state index in [1.807, 2.05) is 18.2 Å². The maximum absolute atomic E-state index is 11.0. The molecule has 162 valence electrons. The molecule has 5 rings (SSSR count). The Bertz CT molecular complexity index is 1050. The zero-order chi connectivity index (χ0) is 21.6. The molecule has 4 atom stereocenters. The molecular weight excluding hydrogens is 392 g/mol. The Hall–Kier alpha value is -2.89. The van der Waals surface area contributed by atoms with Crippen molar-refractivity contribution in [2.75, 3.05) is 0 Å². The molecule has 3 aliphatic rings. The Kier molecular flexibility index (Phi) is 4.95. The highest BCUT2D eigenvalue weighted by molar-refractivity contribution is 5.92. The van der Waals surface area contributed by atoms with Crippen LogP contribution in [-0.2, 0) is 17.9 Å². The predicted molar refractivity (Wildman–Crippen MR) is 118 cm³/mol. The summed E-state index contributed by atoms with van der Waals surface area (Å²) in [6.45, 7) is 2.59. The Balaban J connectivity index is 1.31. The van der Waals surface area contributed by atoms with Crippen molar-refractivity contribution < 1.29 is 14.9 Å². The zero-order valence-electron chi connectivity index (χ0n) is 17.8. The van der Waals surface area contributed by atoms with E-state index in [0.717, 1.165) is 43.4 Å². The molecule has 0 aliphatic heterocycles. The van der Waals surface area contributed by atoms with E-state index in [2.05, 4.69) is 18.1 Å². The number of rotatable bonds is 4. The van der Waals surface area contributed by atoms with Crippen molar-refractivity contribution in [2.45, 2.75) is 58.0 Å². The third kappa shape index (κ3) is 3.48. The highest BCUT2D eigenvalue weighted by Crippen LogP contribution is 2.60. The summed E-state index contributed by atoms with van der Waals surface area (Å²) in [4.78, 5) is 16.3.